The van der Waals surface area contributed by atoms with Gasteiger partial charge in [-0.25, -0.2) is 0 Å². The Morgan fingerprint density at radius 2 is 1.32 bits per heavy atom. The Kier molecular flexibility index (Phi) is 8.92. The quantitative estimate of drug-likeness (QED) is 0.235. The maximum atomic E-state index is 3.79. The van der Waals surface area contributed by atoms with Crippen molar-refractivity contribution in [3.63, 3.8) is 0 Å². The molecule has 0 aliphatic heterocycles. The molecule has 0 aliphatic carbocycles. The zero-order chi connectivity index (χ0) is 19.8. The minimum absolute atomic E-state index is 1.12. The molecule has 3 rings (SSSR count). The Morgan fingerprint density at radius 3 is 2.00 bits per heavy atom. The normalized spacial score (nSPS) is 11.7. The highest BCUT2D eigenvalue weighted by Crippen LogP contribution is 2.34. The summed E-state index contributed by atoms with van der Waals surface area (Å²) in [5.74, 6) is 0. The average Bonchev–Trinajstić information content (AvgIpc) is 3.05. The Balaban J connectivity index is 1.47. The van der Waals surface area contributed by atoms with E-state index < -0.39 is 0 Å². The first-order valence-corrected chi connectivity index (χ1v) is 12.7. The fourth-order valence-electron chi connectivity index (χ4n) is 4.19. The zero-order valence-electron chi connectivity index (χ0n) is 17.1. The number of nitrogens with one attached hydrogen (secondary N) is 1. The van der Waals surface area contributed by atoms with Gasteiger partial charge in [0.15, 0.2) is 0 Å². The van der Waals surface area contributed by atoms with Gasteiger partial charge in [0.1, 0.15) is 0 Å². The fourth-order valence-corrected chi connectivity index (χ4v) is 5.08. The summed E-state index contributed by atoms with van der Waals surface area (Å²) in [5, 5.41) is 2.65. The number of aromatic amines is 1. The smallest absolute Gasteiger partial charge is 0.0508 e. The van der Waals surface area contributed by atoms with Crippen LogP contribution in [-0.4, -0.2) is 4.98 Å². The minimum atomic E-state index is 1.12. The number of rotatable bonds is 12. The second kappa shape index (κ2) is 11.4. The number of unbranched alkanes of at least 4 members (excludes halogenated alkanes) is 10. The van der Waals surface area contributed by atoms with E-state index in [9.17, 15) is 0 Å². The topological polar surface area (TPSA) is 15.8 Å². The maximum absolute atomic E-state index is 3.79. The lowest BCUT2D eigenvalue weighted by Gasteiger charge is -2.07. The molecule has 1 aromatic heterocycles. The number of hydrogen-bond donors (Lipinski definition) is 1. The van der Waals surface area contributed by atoms with Crippen LogP contribution in [0, 0.1) is 0 Å². The van der Waals surface area contributed by atoms with Gasteiger partial charge in [-0.15, -0.1) is 0 Å². The standard InChI is InChI=1S/C25H33Br2N/c1-2-3-4-5-6-7-8-9-10-11-12-13-22-23(27)17-16-21-20-15-14-19(26)18-24(20)28-25(21)22/h14-18,28H,2-13H2,1H3. The van der Waals surface area contributed by atoms with E-state index >= 15 is 0 Å². The zero-order valence-corrected chi connectivity index (χ0v) is 20.3. The van der Waals surface area contributed by atoms with Crippen LogP contribution in [0.3, 0.4) is 0 Å². The predicted molar refractivity (Wildman–Crippen MR) is 131 cm³/mol. The Morgan fingerprint density at radius 1 is 0.714 bits per heavy atom. The van der Waals surface area contributed by atoms with Gasteiger partial charge in [-0.3, -0.25) is 0 Å². The second-order valence-corrected chi connectivity index (χ2v) is 9.82. The summed E-state index contributed by atoms with van der Waals surface area (Å²) < 4.78 is 2.36. The summed E-state index contributed by atoms with van der Waals surface area (Å²) >= 11 is 7.37. The molecular weight excluding hydrogens is 474 g/mol. The number of halogens is 2. The van der Waals surface area contributed by atoms with Crippen LogP contribution in [0.4, 0.5) is 0 Å². The summed E-state index contributed by atoms with van der Waals surface area (Å²) in [5.41, 5.74) is 3.94. The number of aryl methyl sites for hydroxylation is 1. The molecule has 0 bridgehead atoms. The lowest BCUT2D eigenvalue weighted by molar-refractivity contribution is 0.549. The van der Waals surface area contributed by atoms with Gasteiger partial charge in [0.2, 0.25) is 0 Å². The highest BCUT2D eigenvalue weighted by Gasteiger charge is 2.11. The average molecular weight is 507 g/mol. The molecule has 0 fully saturated rings. The summed E-state index contributed by atoms with van der Waals surface area (Å²) in [6.07, 6.45) is 16.4. The van der Waals surface area contributed by atoms with Crippen LogP contribution in [0.5, 0.6) is 0 Å². The van der Waals surface area contributed by atoms with E-state index in [-0.39, 0.29) is 0 Å². The highest BCUT2D eigenvalue weighted by molar-refractivity contribution is 9.10. The van der Waals surface area contributed by atoms with Crippen LogP contribution in [0.25, 0.3) is 21.8 Å². The highest BCUT2D eigenvalue weighted by atomic mass is 79.9. The van der Waals surface area contributed by atoms with Crippen LogP contribution < -0.4 is 0 Å². The largest absolute Gasteiger partial charge is 0.354 e. The molecule has 28 heavy (non-hydrogen) atoms. The van der Waals surface area contributed by atoms with E-state index in [4.69, 9.17) is 0 Å². The van der Waals surface area contributed by atoms with Crippen molar-refractivity contribution in [1.82, 2.24) is 4.98 Å². The van der Waals surface area contributed by atoms with E-state index in [1.54, 1.807) is 0 Å². The second-order valence-electron chi connectivity index (χ2n) is 8.05. The SMILES string of the molecule is CCCCCCCCCCCCCc1c(Br)ccc2c1[nH]c1cc(Br)ccc12. The first-order chi connectivity index (χ1) is 13.7. The van der Waals surface area contributed by atoms with Gasteiger partial charge in [-0.05, 0) is 36.6 Å². The third kappa shape index (κ3) is 5.86. The van der Waals surface area contributed by atoms with Gasteiger partial charge in [0, 0.05) is 25.2 Å². The van der Waals surface area contributed by atoms with Crippen molar-refractivity contribution in [2.24, 2.45) is 0 Å². The molecule has 1 N–H and O–H groups in total. The Bertz CT molecular complexity index is 881. The van der Waals surface area contributed by atoms with Crippen molar-refractivity contribution in [1.29, 1.82) is 0 Å². The van der Waals surface area contributed by atoms with E-state index in [2.05, 4.69) is 74.1 Å². The Hall–Kier alpha value is -0.800. The first-order valence-electron chi connectivity index (χ1n) is 11.1. The van der Waals surface area contributed by atoms with Crippen molar-refractivity contribution in [3.05, 3.63) is 44.8 Å². The molecule has 0 radical (unpaired) electrons. The molecule has 0 saturated carbocycles. The molecule has 1 heterocycles. The molecule has 0 spiro atoms. The van der Waals surface area contributed by atoms with Crippen LogP contribution in [0.2, 0.25) is 0 Å². The van der Waals surface area contributed by atoms with Gasteiger partial charge in [-0.2, -0.15) is 0 Å². The van der Waals surface area contributed by atoms with E-state index in [1.807, 2.05) is 0 Å². The first kappa shape index (κ1) is 21.9. The van der Waals surface area contributed by atoms with Crippen molar-refractivity contribution in [2.45, 2.75) is 84.0 Å². The summed E-state index contributed by atoms with van der Waals surface area (Å²) in [6, 6.07) is 11.0. The number of fused-ring (bicyclic) bond motifs is 3. The van der Waals surface area contributed by atoms with Crippen LogP contribution in [0.1, 0.15) is 83.1 Å². The van der Waals surface area contributed by atoms with Crippen molar-refractivity contribution >= 4 is 53.7 Å². The summed E-state index contributed by atoms with van der Waals surface area (Å²) in [6.45, 7) is 2.29. The van der Waals surface area contributed by atoms with Gasteiger partial charge in [-0.1, -0.05) is 115 Å². The molecule has 0 saturated heterocycles. The summed E-state index contributed by atoms with van der Waals surface area (Å²) in [4.78, 5) is 3.66. The molecule has 0 unspecified atom stereocenters. The molecule has 0 atom stereocenters. The number of aromatic nitrogens is 1. The fraction of sp³-hybridized carbons (Fsp3) is 0.520. The number of H-pyrrole nitrogens is 1. The van der Waals surface area contributed by atoms with Gasteiger partial charge < -0.3 is 4.98 Å². The third-order valence-corrected chi connectivity index (χ3v) is 7.05. The lowest BCUT2D eigenvalue weighted by Crippen LogP contribution is -1.90. The number of benzene rings is 2. The summed E-state index contributed by atoms with van der Waals surface area (Å²) in [7, 11) is 0. The molecule has 3 aromatic rings. The molecule has 152 valence electrons. The number of hydrogen-bond acceptors (Lipinski definition) is 0. The van der Waals surface area contributed by atoms with Gasteiger partial charge in [0.05, 0.1) is 5.52 Å². The molecule has 1 nitrogen and oxygen atoms in total. The third-order valence-electron chi connectivity index (χ3n) is 5.82. The van der Waals surface area contributed by atoms with Crippen LogP contribution in [0.15, 0.2) is 39.3 Å². The molecule has 3 heteroatoms. The molecular formula is C25H33Br2N. The van der Waals surface area contributed by atoms with Gasteiger partial charge >= 0.3 is 0 Å². The van der Waals surface area contributed by atoms with E-state index in [0.29, 0.717) is 0 Å². The predicted octanol–water partition coefficient (Wildman–Crippen LogP) is 9.70. The van der Waals surface area contributed by atoms with Crippen molar-refractivity contribution in [2.75, 3.05) is 0 Å². The van der Waals surface area contributed by atoms with Crippen molar-refractivity contribution in [3.8, 4) is 0 Å². The maximum Gasteiger partial charge on any atom is 0.0508 e. The lowest BCUT2D eigenvalue weighted by atomic mass is 10.0. The van der Waals surface area contributed by atoms with Crippen LogP contribution in [-0.2, 0) is 6.42 Å². The van der Waals surface area contributed by atoms with Crippen molar-refractivity contribution < 1.29 is 0 Å². The molecule has 2 aromatic carbocycles. The molecule has 0 amide bonds. The monoisotopic (exact) mass is 505 g/mol. The van der Waals surface area contributed by atoms with Gasteiger partial charge in [0.25, 0.3) is 0 Å². The molecule has 0 aliphatic rings. The minimum Gasteiger partial charge on any atom is -0.354 e. The Labute approximate surface area is 186 Å². The van der Waals surface area contributed by atoms with Crippen LogP contribution >= 0.6 is 31.9 Å². The van der Waals surface area contributed by atoms with E-state index in [0.717, 1.165) is 10.9 Å². The van der Waals surface area contributed by atoms with E-state index in [1.165, 1.54) is 102 Å².